The molecule has 1 amide bonds. The molecule has 3 aromatic rings. The van der Waals surface area contributed by atoms with Crippen LogP contribution in [0.1, 0.15) is 34.2 Å². The molecule has 0 saturated carbocycles. The molecule has 4 heterocycles. The molecule has 1 saturated heterocycles. The van der Waals surface area contributed by atoms with Crippen LogP contribution in [0.2, 0.25) is 0 Å². The molecule has 1 N–H and O–H groups in total. The van der Waals surface area contributed by atoms with Gasteiger partial charge in [-0.25, -0.2) is 4.98 Å². The average molecular weight is 390 g/mol. The zero-order valence-corrected chi connectivity index (χ0v) is 16.1. The van der Waals surface area contributed by atoms with Gasteiger partial charge in [0, 0.05) is 16.8 Å². The minimum absolute atomic E-state index is 0.0835. The van der Waals surface area contributed by atoms with Gasteiger partial charge < -0.3 is 5.32 Å². The van der Waals surface area contributed by atoms with Crippen LogP contribution in [0.3, 0.4) is 0 Å². The van der Waals surface area contributed by atoms with Crippen LogP contribution in [0.4, 0.5) is 0 Å². The zero-order valence-electron chi connectivity index (χ0n) is 13.7. The standard InChI is InChI=1S/C18H19N3OS3/c22-17(13-12-25-18(20-13)16-6-4-10-24-16)19-11-14(15-5-3-9-23-15)21-7-1-2-8-21/h3-6,9-10,12,14H,1-2,7-8,11H2,(H,19,22). The summed E-state index contributed by atoms with van der Waals surface area (Å²) in [6.45, 7) is 2.85. The summed E-state index contributed by atoms with van der Waals surface area (Å²) in [6.07, 6.45) is 2.48. The highest BCUT2D eigenvalue weighted by molar-refractivity contribution is 7.20. The number of aromatic nitrogens is 1. The van der Waals surface area contributed by atoms with Crippen molar-refractivity contribution in [2.45, 2.75) is 18.9 Å². The SMILES string of the molecule is O=C(NCC(c1cccs1)N1CCCC1)c1csc(-c2cccs2)n1. The first-order valence-corrected chi connectivity index (χ1v) is 11.0. The third kappa shape index (κ3) is 3.84. The Labute approximate surface area is 159 Å². The van der Waals surface area contributed by atoms with Gasteiger partial charge in [-0.3, -0.25) is 9.69 Å². The highest BCUT2D eigenvalue weighted by Crippen LogP contribution is 2.29. The number of carbonyl (C=O) groups is 1. The van der Waals surface area contributed by atoms with Gasteiger partial charge >= 0.3 is 0 Å². The Bertz CT molecular complexity index is 805. The summed E-state index contributed by atoms with van der Waals surface area (Å²) in [5, 5.41) is 9.99. The maximum Gasteiger partial charge on any atom is 0.270 e. The summed E-state index contributed by atoms with van der Waals surface area (Å²) in [7, 11) is 0. The summed E-state index contributed by atoms with van der Waals surface area (Å²) in [6, 6.07) is 8.55. The lowest BCUT2D eigenvalue weighted by atomic mass is 10.2. The molecule has 7 heteroatoms. The van der Waals surface area contributed by atoms with Gasteiger partial charge in [-0.05, 0) is 48.8 Å². The van der Waals surface area contributed by atoms with Gasteiger partial charge in [0.05, 0.1) is 10.9 Å². The molecule has 0 spiro atoms. The Balaban J connectivity index is 1.43. The second kappa shape index (κ2) is 7.78. The van der Waals surface area contributed by atoms with Crippen LogP contribution in [-0.4, -0.2) is 35.4 Å². The predicted octanol–water partition coefficient (Wildman–Crippen LogP) is 4.50. The predicted molar refractivity (Wildman–Crippen MR) is 106 cm³/mol. The molecule has 1 atom stereocenters. The number of likely N-dealkylation sites (tertiary alicyclic amines) is 1. The maximum atomic E-state index is 12.5. The topological polar surface area (TPSA) is 45.2 Å². The lowest BCUT2D eigenvalue weighted by molar-refractivity contribution is 0.0934. The average Bonchev–Trinajstić information content (AvgIpc) is 3.43. The molecule has 130 valence electrons. The Morgan fingerprint density at radius 3 is 2.68 bits per heavy atom. The molecule has 1 aliphatic rings. The van der Waals surface area contributed by atoms with E-state index in [0.717, 1.165) is 23.0 Å². The molecule has 25 heavy (non-hydrogen) atoms. The van der Waals surface area contributed by atoms with Gasteiger partial charge in [-0.15, -0.1) is 34.0 Å². The van der Waals surface area contributed by atoms with Gasteiger partial charge in [0.25, 0.3) is 5.91 Å². The van der Waals surface area contributed by atoms with E-state index in [1.807, 2.05) is 22.9 Å². The number of nitrogens with zero attached hydrogens (tertiary/aromatic N) is 2. The molecule has 1 unspecified atom stereocenters. The van der Waals surface area contributed by atoms with Crippen LogP contribution in [0, 0.1) is 0 Å². The number of thiazole rings is 1. The van der Waals surface area contributed by atoms with E-state index in [2.05, 4.69) is 32.7 Å². The van der Waals surface area contributed by atoms with Crippen LogP contribution < -0.4 is 5.32 Å². The summed E-state index contributed by atoms with van der Waals surface area (Å²) in [5.74, 6) is -0.0835. The van der Waals surface area contributed by atoms with Crippen molar-refractivity contribution in [3.05, 3.63) is 51.0 Å². The van der Waals surface area contributed by atoms with Gasteiger partial charge in [-0.2, -0.15) is 0 Å². The van der Waals surface area contributed by atoms with Crippen molar-refractivity contribution in [3.63, 3.8) is 0 Å². The zero-order chi connectivity index (χ0) is 17.1. The smallest absolute Gasteiger partial charge is 0.270 e. The number of nitrogens with one attached hydrogen (secondary N) is 1. The third-order valence-corrected chi connectivity index (χ3v) is 7.23. The van der Waals surface area contributed by atoms with E-state index in [0.29, 0.717) is 12.2 Å². The molecule has 0 aliphatic carbocycles. The fourth-order valence-corrected chi connectivity index (χ4v) is 5.59. The fraction of sp³-hybridized carbons (Fsp3) is 0.333. The lowest BCUT2D eigenvalue weighted by Crippen LogP contribution is -2.36. The summed E-state index contributed by atoms with van der Waals surface area (Å²) >= 11 is 4.93. The lowest BCUT2D eigenvalue weighted by Gasteiger charge is -2.26. The van der Waals surface area contributed by atoms with E-state index in [1.54, 1.807) is 22.7 Å². The molecule has 3 aromatic heterocycles. The van der Waals surface area contributed by atoms with Crippen LogP contribution >= 0.6 is 34.0 Å². The van der Waals surface area contributed by atoms with E-state index in [9.17, 15) is 4.79 Å². The summed E-state index contributed by atoms with van der Waals surface area (Å²) in [4.78, 5) is 21.9. The van der Waals surface area contributed by atoms with Crippen molar-refractivity contribution in [3.8, 4) is 9.88 Å². The van der Waals surface area contributed by atoms with E-state index in [-0.39, 0.29) is 11.9 Å². The van der Waals surface area contributed by atoms with Crippen LogP contribution in [0.15, 0.2) is 40.4 Å². The fourth-order valence-electron chi connectivity index (χ4n) is 3.12. The molecular weight excluding hydrogens is 370 g/mol. The molecule has 1 aliphatic heterocycles. The van der Waals surface area contributed by atoms with Crippen LogP contribution in [0.25, 0.3) is 9.88 Å². The van der Waals surface area contributed by atoms with E-state index in [1.165, 1.54) is 29.1 Å². The Morgan fingerprint density at radius 1 is 1.16 bits per heavy atom. The monoisotopic (exact) mass is 389 g/mol. The quantitative estimate of drug-likeness (QED) is 0.675. The Kier molecular flexibility index (Phi) is 5.26. The number of rotatable bonds is 6. The minimum Gasteiger partial charge on any atom is -0.349 e. The van der Waals surface area contributed by atoms with Crippen molar-refractivity contribution in [1.82, 2.24) is 15.2 Å². The van der Waals surface area contributed by atoms with Crippen molar-refractivity contribution >= 4 is 39.9 Å². The first-order valence-electron chi connectivity index (χ1n) is 8.36. The Morgan fingerprint density at radius 2 is 1.96 bits per heavy atom. The van der Waals surface area contributed by atoms with E-state index in [4.69, 9.17) is 0 Å². The van der Waals surface area contributed by atoms with E-state index < -0.39 is 0 Å². The second-order valence-corrected chi connectivity index (χ2v) is 8.78. The first kappa shape index (κ1) is 16.9. The van der Waals surface area contributed by atoms with Crippen molar-refractivity contribution in [2.24, 2.45) is 0 Å². The molecule has 0 radical (unpaired) electrons. The van der Waals surface area contributed by atoms with Crippen molar-refractivity contribution in [2.75, 3.05) is 19.6 Å². The third-order valence-electron chi connectivity index (χ3n) is 4.38. The summed E-state index contributed by atoms with van der Waals surface area (Å²) in [5.41, 5.74) is 0.514. The Hall–Kier alpha value is -1.54. The second-order valence-electron chi connectivity index (χ2n) is 6.00. The van der Waals surface area contributed by atoms with Gasteiger partial charge in [-0.1, -0.05) is 12.1 Å². The molecule has 0 bridgehead atoms. The van der Waals surface area contributed by atoms with Crippen LogP contribution in [-0.2, 0) is 0 Å². The van der Waals surface area contributed by atoms with Crippen molar-refractivity contribution < 1.29 is 4.79 Å². The highest BCUT2D eigenvalue weighted by atomic mass is 32.1. The molecule has 1 fully saturated rings. The van der Waals surface area contributed by atoms with Crippen molar-refractivity contribution in [1.29, 1.82) is 0 Å². The minimum atomic E-state index is -0.0835. The summed E-state index contributed by atoms with van der Waals surface area (Å²) < 4.78 is 0. The molecule has 4 nitrogen and oxygen atoms in total. The number of hydrogen-bond donors (Lipinski definition) is 1. The van der Waals surface area contributed by atoms with Crippen LogP contribution in [0.5, 0.6) is 0 Å². The first-order chi connectivity index (χ1) is 12.3. The number of amides is 1. The van der Waals surface area contributed by atoms with E-state index >= 15 is 0 Å². The normalized spacial score (nSPS) is 16.2. The molecule has 4 rings (SSSR count). The molecule has 0 aromatic carbocycles. The molecular formula is C18H19N3OS3. The van der Waals surface area contributed by atoms with Gasteiger partial charge in [0.1, 0.15) is 10.7 Å². The number of hydrogen-bond acceptors (Lipinski definition) is 6. The maximum absolute atomic E-state index is 12.5. The largest absolute Gasteiger partial charge is 0.349 e. The van der Waals surface area contributed by atoms with Gasteiger partial charge in [0.2, 0.25) is 0 Å². The van der Waals surface area contributed by atoms with Gasteiger partial charge in [0.15, 0.2) is 0 Å². The number of thiophene rings is 2. The number of carbonyl (C=O) groups excluding carboxylic acids is 1. The highest BCUT2D eigenvalue weighted by Gasteiger charge is 2.25.